The third kappa shape index (κ3) is 2.32. The van der Waals surface area contributed by atoms with Gasteiger partial charge in [0, 0.05) is 11.2 Å². The lowest BCUT2D eigenvalue weighted by Crippen LogP contribution is -2.01. The van der Waals surface area contributed by atoms with Gasteiger partial charge in [0.15, 0.2) is 11.5 Å². The highest BCUT2D eigenvalue weighted by Crippen LogP contribution is 2.17. The Morgan fingerprint density at radius 2 is 1.95 bits per heavy atom. The molecule has 3 rings (SSSR count). The van der Waals surface area contributed by atoms with Crippen molar-refractivity contribution in [3.05, 3.63) is 53.4 Å². The average Bonchev–Trinajstić information content (AvgIpc) is 2.83. The maximum Gasteiger partial charge on any atom is 0.184 e. The summed E-state index contributed by atoms with van der Waals surface area (Å²) in [7, 11) is 0. The predicted octanol–water partition coefficient (Wildman–Crippen LogP) is 2.54. The van der Waals surface area contributed by atoms with Crippen molar-refractivity contribution in [2.75, 3.05) is 5.73 Å². The SMILES string of the molecule is Nc1cccn2c(COc3ccc(Cl)cc3)nnc12. The van der Waals surface area contributed by atoms with E-state index in [4.69, 9.17) is 22.1 Å². The van der Waals surface area contributed by atoms with Crippen LogP contribution < -0.4 is 10.5 Å². The molecule has 1 aromatic carbocycles. The summed E-state index contributed by atoms with van der Waals surface area (Å²) in [5.41, 5.74) is 7.04. The molecular weight excluding hydrogens is 264 g/mol. The summed E-state index contributed by atoms with van der Waals surface area (Å²) in [5.74, 6) is 1.42. The molecule has 0 amide bonds. The Morgan fingerprint density at radius 3 is 2.74 bits per heavy atom. The van der Waals surface area contributed by atoms with Crippen LogP contribution in [-0.2, 0) is 6.61 Å². The van der Waals surface area contributed by atoms with E-state index in [0.29, 0.717) is 28.8 Å². The van der Waals surface area contributed by atoms with E-state index in [0.717, 1.165) is 5.75 Å². The summed E-state index contributed by atoms with van der Waals surface area (Å²) in [5, 5.41) is 8.78. The molecule has 2 aromatic heterocycles. The number of pyridine rings is 1. The predicted molar refractivity (Wildman–Crippen MR) is 73.2 cm³/mol. The van der Waals surface area contributed by atoms with Gasteiger partial charge in [0.2, 0.25) is 0 Å². The minimum atomic E-state index is 0.312. The molecule has 5 nitrogen and oxygen atoms in total. The number of hydrogen-bond acceptors (Lipinski definition) is 4. The molecule has 0 aliphatic heterocycles. The standard InChI is InChI=1S/C13H11ClN4O/c14-9-3-5-10(6-4-9)19-8-12-16-17-13-11(15)2-1-7-18(12)13/h1-7H,8,15H2. The van der Waals surface area contributed by atoms with E-state index in [2.05, 4.69) is 10.2 Å². The molecule has 0 fully saturated rings. The minimum Gasteiger partial charge on any atom is -0.486 e. The first kappa shape index (κ1) is 11.8. The van der Waals surface area contributed by atoms with Gasteiger partial charge in [-0.1, -0.05) is 11.6 Å². The largest absolute Gasteiger partial charge is 0.486 e. The van der Waals surface area contributed by atoms with Crippen molar-refractivity contribution in [2.45, 2.75) is 6.61 Å². The molecule has 2 heterocycles. The summed E-state index contributed by atoms with van der Waals surface area (Å²) >= 11 is 5.81. The molecule has 0 aliphatic rings. The van der Waals surface area contributed by atoms with Gasteiger partial charge in [0.25, 0.3) is 0 Å². The molecule has 6 heteroatoms. The number of ether oxygens (including phenoxy) is 1. The lowest BCUT2D eigenvalue weighted by Gasteiger charge is -2.05. The van der Waals surface area contributed by atoms with Gasteiger partial charge >= 0.3 is 0 Å². The number of benzene rings is 1. The van der Waals surface area contributed by atoms with Crippen molar-refractivity contribution in [3.63, 3.8) is 0 Å². The van der Waals surface area contributed by atoms with Crippen LogP contribution in [0.1, 0.15) is 5.82 Å². The number of halogens is 1. The van der Waals surface area contributed by atoms with Gasteiger partial charge in [-0.25, -0.2) is 0 Å². The van der Waals surface area contributed by atoms with Gasteiger partial charge in [0.1, 0.15) is 12.4 Å². The molecule has 0 saturated carbocycles. The van der Waals surface area contributed by atoms with Crippen LogP contribution in [0.4, 0.5) is 5.69 Å². The number of nitrogen functional groups attached to an aromatic ring is 1. The highest BCUT2D eigenvalue weighted by molar-refractivity contribution is 6.30. The quantitative estimate of drug-likeness (QED) is 0.797. The molecule has 0 aliphatic carbocycles. The number of nitrogens with zero attached hydrogens (tertiary/aromatic N) is 3. The molecular formula is C13H11ClN4O. The fourth-order valence-corrected chi connectivity index (χ4v) is 1.89. The van der Waals surface area contributed by atoms with Crippen LogP contribution in [-0.4, -0.2) is 14.6 Å². The number of hydrogen-bond donors (Lipinski definition) is 1. The number of fused-ring (bicyclic) bond motifs is 1. The van der Waals surface area contributed by atoms with Gasteiger partial charge in [-0.05, 0) is 36.4 Å². The van der Waals surface area contributed by atoms with E-state index in [1.165, 1.54) is 0 Å². The normalized spacial score (nSPS) is 10.8. The highest BCUT2D eigenvalue weighted by atomic mass is 35.5. The summed E-state index contributed by atoms with van der Waals surface area (Å²) in [4.78, 5) is 0. The van der Waals surface area contributed by atoms with E-state index >= 15 is 0 Å². The molecule has 3 aromatic rings. The van der Waals surface area contributed by atoms with Crippen LogP contribution in [0.3, 0.4) is 0 Å². The van der Waals surface area contributed by atoms with Crippen molar-refractivity contribution in [3.8, 4) is 5.75 Å². The van der Waals surface area contributed by atoms with Crippen molar-refractivity contribution in [2.24, 2.45) is 0 Å². The van der Waals surface area contributed by atoms with E-state index in [9.17, 15) is 0 Å². The molecule has 0 saturated heterocycles. The molecule has 2 N–H and O–H groups in total. The van der Waals surface area contributed by atoms with Crippen LogP contribution >= 0.6 is 11.6 Å². The van der Waals surface area contributed by atoms with Crippen molar-refractivity contribution in [1.29, 1.82) is 0 Å². The number of nitrogens with two attached hydrogens (primary N) is 1. The van der Waals surface area contributed by atoms with Crippen LogP contribution in [0.5, 0.6) is 5.75 Å². The van der Waals surface area contributed by atoms with E-state index in [1.54, 1.807) is 30.3 Å². The lowest BCUT2D eigenvalue weighted by atomic mass is 10.3. The molecule has 96 valence electrons. The Balaban J connectivity index is 1.82. The second-order valence-corrected chi connectivity index (χ2v) is 4.45. The van der Waals surface area contributed by atoms with Crippen LogP contribution in [0.25, 0.3) is 5.65 Å². The zero-order valence-electron chi connectivity index (χ0n) is 9.95. The maximum absolute atomic E-state index is 5.81. The van der Waals surface area contributed by atoms with E-state index in [-0.39, 0.29) is 0 Å². The molecule has 0 bridgehead atoms. The summed E-state index contributed by atoms with van der Waals surface area (Å²) in [6, 6.07) is 10.8. The monoisotopic (exact) mass is 274 g/mol. The fourth-order valence-electron chi connectivity index (χ4n) is 1.76. The molecule has 19 heavy (non-hydrogen) atoms. The Labute approximate surface area is 114 Å². The zero-order chi connectivity index (χ0) is 13.2. The third-order valence-electron chi connectivity index (χ3n) is 2.72. The second kappa shape index (κ2) is 4.78. The fraction of sp³-hybridized carbons (Fsp3) is 0.0769. The van der Waals surface area contributed by atoms with Crippen LogP contribution in [0.15, 0.2) is 42.6 Å². The average molecular weight is 275 g/mol. The Hall–Kier alpha value is -2.27. The van der Waals surface area contributed by atoms with Crippen molar-refractivity contribution < 1.29 is 4.74 Å². The zero-order valence-corrected chi connectivity index (χ0v) is 10.7. The first-order chi connectivity index (χ1) is 9.24. The molecule has 0 radical (unpaired) electrons. The van der Waals surface area contributed by atoms with Gasteiger partial charge in [-0.3, -0.25) is 4.40 Å². The van der Waals surface area contributed by atoms with Crippen LogP contribution in [0.2, 0.25) is 5.02 Å². The van der Waals surface area contributed by atoms with Crippen molar-refractivity contribution >= 4 is 22.9 Å². The molecule has 0 unspecified atom stereocenters. The van der Waals surface area contributed by atoms with Gasteiger partial charge < -0.3 is 10.5 Å². The second-order valence-electron chi connectivity index (χ2n) is 4.02. The molecule has 0 atom stereocenters. The number of aromatic nitrogens is 3. The highest BCUT2D eigenvalue weighted by Gasteiger charge is 2.07. The lowest BCUT2D eigenvalue weighted by molar-refractivity contribution is 0.294. The van der Waals surface area contributed by atoms with E-state index in [1.807, 2.05) is 16.7 Å². The van der Waals surface area contributed by atoms with Crippen molar-refractivity contribution in [1.82, 2.24) is 14.6 Å². The van der Waals surface area contributed by atoms with E-state index < -0.39 is 0 Å². The third-order valence-corrected chi connectivity index (χ3v) is 2.97. The molecule has 0 spiro atoms. The van der Waals surface area contributed by atoms with Gasteiger partial charge in [-0.15, -0.1) is 10.2 Å². The Morgan fingerprint density at radius 1 is 1.16 bits per heavy atom. The number of anilines is 1. The first-order valence-electron chi connectivity index (χ1n) is 5.70. The first-order valence-corrected chi connectivity index (χ1v) is 6.08. The van der Waals surface area contributed by atoms with Gasteiger partial charge in [-0.2, -0.15) is 0 Å². The maximum atomic E-state index is 5.81. The number of rotatable bonds is 3. The Bertz CT molecular complexity index is 708. The smallest absolute Gasteiger partial charge is 0.184 e. The summed E-state index contributed by atoms with van der Waals surface area (Å²) in [6.07, 6.45) is 1.85. The summed E-state index contributed by atoms with van der Waals surface area (Å²) in [6.45, 7) is 0.312. The topological polar surface area (TPSA) is 65.4 Å². The van der Waals surface area contributed by atoms with Crippen LogP contribution in [0, 0.1) is 0 Å². The van der Waals surface area contributed by atoms with Gasteiger partial charge in [0.05, 0.1) is 5.69 Å². The Kier molecular flexibility index (Phi) is 2.97. The summed E-state index contributed by atoms with van der Waals surface area (Å²) < 4.78 is 7.44. The minimum absolute atomic E-state index is 0.312.